The number of nitrogens with zero attached hydrogens (tertiary/aromatic N) is 1. The van der Waals surface area contributed by atoms with Gasteiger partial charge in [-0.05, 0) is 54.5 Å². The maximum Gasteiger partial charge on any atom is 0.0804 e. The van der Waals surface area contributed by atoms with Gasteiger partial charge in [-0.3, -0.25) is 4.98 Å². The van der Waals surface area contributed by atoms with Crippen LogP contribution in [0.4, 0.5) is 0 Å². The number of pyridine rings is 1. The minimum atomic E-state index is 0.607. The molecule has 0 aliphatic rings. The molecule has 19 heavy (non-hydrogen) atoms. The molecule has 0 aliphatic carbocycles. The first kappa shape index (κ1) is 14.3. The quantitative estimate of drug-likeness (QED) is 0.667. The van der Waals surface area contributed by atoms with Crippen LogP contribution in [0.5, 0.6) is 0 Å². The predicted octanol–water partition coefficient (Wildman–Crippen LogP) is 5.84. The molecular formula is C17H23NS. The van der Waals surface area contributed by atoms with Gasteiger partial charge in [0.05, 0.1) is 10.6 Å². The molecule has 1 nitrogen and oxygen atoms in total. The van der Waals surface area contributed by atoms with Gasteiger partial charge in [-0.1, -0.05) is 27.7 Å². The lowest BCUT2D eigenvalue weighted by atomic mass is 9.99. The molecule has 0 aliphatic heterocycles. The number of aromatic nitrogens is 1. The Kier molecular flexibility index (Phi) is 4.76. The zero-order valence-electron chi connectivity index (χ0n) is 12.3. The van der Waals surface area contributed by atoms with E-state index in [9.17, 15) is 0 Å². The van der Waals surface area contributed by atoms with Crippen molar-refractivity contribution in [1.82, 2.24) is 4.98 Å². The highest BCUT2D eigenvalue weighted by Crippen LogP contribution is 2.33. The lowest BCUT2D eigenvalue weighted by Gasteiger charge is -2.09. The molecule has 2 aromatic rings. The van der Waals surface area contributed by atoms with E-state index >= 15 is 0 Å². The Hall–Kier alpha value is -1.15. The second-order valence-corrected chi connectivity index (χ2v) is 6.41. The van der Waals surface area contributed by atoms with Gasteiger partial charge in [0.15, 0.2) is 0 Å². The third kappa shape index (κ3) is 3.24. The summed E-state index contributed by atoms with van der Waals surface area (Å²) in [5.41, 5.74) is 2.52. The topological polar surface area (TPSA) is 12.9 Å². The molecule has 0 amide bonds. The molecule has 0 saturated heterocycles. The van der Waals surface area contributed by atoms with Gasteiger partial charge in [-0.25, -0.2) is 0 Å². The first-order valence-corrected chi connectivity index (χ1v) is 8.03. The third-order valence-electron chi connectivity index (χ3n) is 3.94. The summed E-state index contributed by atoms with van der Waals surface area (Å²) in [6, 6.07) is 8.86. The van der Waals surface area contributed by atoms with Gasteiger partial charge in [0, 0.05) is 11.1 Å². The normalized spacial score (nSPS) is 14.3. The maximum absolute atomic E-state index is 4.54. The Bertz CT molecular complexity index is 530. The van der Waals surface area contributed by atoms with E-state index < -0.39 is 0 Å². The molecule has 2 heterocycles. The Labute approximate surface area is 120 Å². The van der Waals surface area contributed by atoms with Crippen LogP contribution in [0, 0.1) is 0 Å². The van der Waals surface area contributed by atoms with Crippen molar-refractivity contribution in [2.45, 2.75) is 52.4 Å². The van der Waals surface area contributed by atoms with Gasteiger partial charge in [-0.2, -0.15) is 0 Å². The molecule has 2 heteroatoms. The number of thiophene rings is 1. The zero-order chi connectivity index (χ0) is 13.8. The van der Waals surface area contributed by atoms with Crippen LogP contribution in [0.1, 0.15) is 62.8 Å². The summed E-state index contributed by atoms with van der Waals surface area (Å²) in [6.45, 7) is 9.04. The molecule has 2 aromatic heterocycles. The molecule has 2 rings (SSSR count). The second kappa shape index (κ2) is 6.33. The predicted molar refractivity (Wildman–Crippen MR) is 85.0 cm³/mol. The first-order chi connectivity index (χ1) is 9.15. The van der Waals surface area contributed by atoms with Crippen molar-refractivity contribution in [3.05, 3.63) is 40.9 Å². The van der Waals surface area contributed by atoms with Crippen LogP contribution in [0.15, 0.2) is 30.5 Å². The van der Waals surface area contributed by atoms with Gasteiger partial charge >= 0.3 is 0 Å². The van der Waals surface area contributed by atoms with Crippen molar-refractivity contribution in [2.24, 2.45) is 0 Å². The number of hydrogen-bond donors (Lipinski definition) is 0. The molecule has 0 N–H and O–H groups in total. The van der Waals surface area contributed by atoms with Gasteiger partial charge < -0.3 is 0 Å². The molecule has 102 valence electrons. The van der Waals surface area contributed by atoms with Gasteiger partial charge in [0.2, 0.25) is 0 Å². The summed E-state index contributed by atoms with van der Waals surface area (Å²) in [5.74, 6) is 1.26. The highest BCUT2D eigenvalue weighted by Gasteiger charge is 2.10. The molecule has 0 radical (unpaired) electrons. The summed E-state index contributed by atoms with van der Waals surface area (Å²) < 4.78 is 0. The Balaban J connectivity index is 2.29. The molecule has 0 bridgehead atoms. The highest BCUT2D eigenvalue weighted by atomic mass is 32.1. The highest BCUT2D eigenvalue weighted by molar-refractivity contribution is 7.15. The van der Waals surface area contributed by atoms with E-state index in [1.54, 1.807) is 0 Å². The minimum Gasteiger partial charge on any atom is -0.255 e. The van der Waals surface area contributed by atoms with E-state index in [-0.39, 0.29) is 0 Å². The largest absolute Gasteiger partial charge is 0.255 e. The molecule has 2 atom stereocenters. The molecule has 0 aromatic carbocycles. The summed E-state index contributed by atoms with van der Waals surface area (Å²) in [4.78, 5) is 7.29. The van der Waals surface area contributed by atoms with Gasteiger partial charge in [-0.15, -0.1) is 11.3 Å². The second-order valence-electron chi connectivity index (χ2n) is 5.30. The summed E-state index contributed by atoms with van der Waals surface area (Å²) in [6.07, 6.45) is 4.31. The summed E-state index contributed by atoms with van der Waals surface area (Å²) in [5, 5.41) is 0. The zero-order valence-corrected chi connectivity index (χ0v) is 13.1. The number of rotatable bonds is 5. The number of hydrogen-bond acceptors (Lipinski definition) is 2. The Morgan fingerprint density at radius 1 is 1.05 bits per heavy atom. The van der Waals surface area contributed by atoms with Gasteiger partial charge in [0.1, 0.15) is 0 Å². The third-order valence-corrected chi connectivity index (χ3v) is 5.28. The molecule has 0 spiro atoms. The summed E-state index contributed by atoms with van der Waals surface area (Å²) >= 11 is 1.88. The molecular weight excluding hydrogens is 250 g/mol. The van der Waals surface area contributed by atoms with Crippen LogP contribution in [0.25, 0.3) is 10.6 Å². The molecule has 0 fully saturated rings. The van der Waals surface area contributed by atoms with E-state index in [1.807, 2.05) is 17.5 Å². The van der Waals surface area contributed by atoms with E-state index in [0.29, 0.717) is 11.8 Å². The van der Waals surface area contributed by atoms with Crippen molar-refractivity contribution in [2.75, 3.05) is 0 Å². The Morgan fingerprint density at radius 3 is 2.47 bits per heavy atom. The average Bonchev–Trinajstić information content (AvgIpc) is 2.95. The van der Waals surface area contributed by atoms with Crippen LogP contribution >= 0.6 is 11.3 Å². The van der Waals surface area contributed by atoms with E-state index in [4.69, 9.17) is 0 Å². The fourth-order valence-electron chi connectivity index (χ4n) is 2.08. The smallest absolute Gasteiger partial charge is 0.0804 e. The van der Waals surface area contributed by atoms with Crippen molar-refractivity contribution >= 4 is 11.3 Å². The van der Waals surface area contributed by atoms with Crippen molar-refractivity contribution < 1.29 is 0 Å². The first-order valence-electron chi connectivity index (χ1n) is 7.21. The van der Waals surface area contributed by atoms with E-state index in [2.05, 4.69) is 56.9 Å². The lowest BCUT2D eigenvalue weighted by molar-refractivity contribution is 0.732. The SMILES string of the molecule is CCC(C)c1ccnc(-c2ccc(C(C)CC)s2)c1. The van der Waals surface area contributed by atoms with Crippen LogP contribution < -0.4 is 0 Å². The minimum absolute atomic E-state index is 0.607. The van der Waals surface area contributed by atoms with E-state index in [0.717, 1.165) is 5.69 Å². The fourth-order valence-corrected chi connectivity index (χ4v) is 3.19. The van der Waals surface area contributed by atoms with Crippen LogP contribution in [0.2, 0.25) is 0 Å². The molecule has 0 saturated carbocycles. The standard InChI is InChI=1S/C17H23NS/c1-5-12(3)14-9-10-18-15(11-14)17-8-7-16(19-17)13(4)6-2/h7-13H,5-6H2,1-4H3. The Morgan fingerprint density at radius 2 is 1.79 bits per heavy atom. The van der Waals surface area contributed by atoms with Crippen LogP contribution in [-0.4, -0.2) is 4.98 Å². The molecule has 2 unspecified atom stereocenters. The maximum atomic E-state index is 4.54. The monoisotopic (exact) mass is 273 g/mol. The van der Waals surface area contributed by atoms with Crippen LogP contribution in [0.3, 0.4) is 0 Å². The van der Waals surface area contributed by atoms with Crippen molar-refractivity contribution in [3.63, 3.8) is 0 Å². The summed E-state index contributed by atoms with van der Waals surface area (Å²) in [7, 11) is 0. The average molecular weight is 273 g/mol. The van der Waals surface area contributed by atoms with Crippen molar-refractivity contribution in [3.8, 4) is 10.6 Å². The fraction of sp³-hybridized carbons (Fsp3) is 0.471. The van der Waals surface area contributed by atoms with Crippen LogP contribution in [-0.2, 0) is 0 Å². The van der Waals surface area contributed by atoms with Gasteiger partial charge in [0.25, 0.3) is 0 Å². The lowest BCUT2D eigenvalue weighted by Crippen LogP contribution is -1.92. The van der Waals surface area contributed by atoms with Crippen molar-refractivity contribution in [1.29, 1.82) is 0 Å². The van der Waals surface area contributed by atoms with E-state index in [1.165, 1.54) is 28.2 Å².